The van der Waals surface area contributed by atoms with Gasteiger partial charge in [-0.05, 0) is 62.2 Å². The molecule has 37 heavy (non-hydrogen) atoms. The molecular formula is C31H27NO5. The topological polar surface area (TPSA) is 72.9 Å². The summed E-state index contributed by atoms with van der Waals surface area (Å²) in [4.78, 5) is 41.5. The van der Waals surface area contributed by atoms with Crippen molar-refractivity contribution in [2.75, 3.05) is 12.0 Å². The second kappa shape index (κ2) is 8.44. The van der Waals surface area contributed by atoms with Crippen molar-refractivity contribution >= 4 is 28.9 Å². The molecule has 6 nitrogen and oxygen atoms in total. The van der Waals surface area contributed by atoms with Gasteiger partial charge >= 0.3 is 0 Å². The van der Waals surface area contributed by atoms with Gasteiger partial charge in [0.1, 0.15) is 17.1 Å². The lowest BCUT2D eigenvalue weighted by molar-refractivity contribution is -0.124. The molecule has 0 saturated carbocycles. The van der Waals surface area contributed by atoms with E-state index in [-0.39, 0.29) is 23.5 Å². The van der Waals surface area contributed by atoms with Crippen LogP contribution in [0.4, 0.5) is 5.69 Å². The van der Waals surface area contributed by atoms with Crippen LogP contribution in [0.25, 0.3) is 5.57 Å². The molecular weight excluding hydrogens is 466 g/mol. The Morgan fingerprint density at radius 2 is 1.65 bits per heavy atom. The molecule has 0 radical (unpaired) electrons. The molecule has 3 aromatic carbocycles. The number of ether oxygens (including phenoxy) is 2. The highest BCUT2D eigenvalue weighted by Gasteiger charge is 2.59. The molecule has 3 aliphatic rings. The summed E-state index contributed by atoms with van der Waals surface area (Å²) in [5, 5.41) is 0. The fourth-order valence-corrected chi connectivity index (χ4v) is 6.10. The molecule has 186 valence electrons. The van der Waals surface area contributed by atoms with Crippen molar-refractivity contribution in [3.63, 3.8) is 0 Å². The smallest absolute Gasteiger partial charge is 0.238 e. The first kappa shape index (κ1) is 23.2. The van der Waals surface area contributed by atoms with Crippen LogP contribution in [0.5, 0.6) is 11.5 Å². The zero-order valence-electron chi connectivity index (χ0n) is 20.9. The quantitative estimate of drug-likeness (QED) is 0.364. The minimum atomic E-state index is -0.702. The third kappa shape index (κ3) is 3.58. The Hall–Kier alpha value is -4.19. The van der Waals surface area contributed by atoms with E-state index in [4.69, 9.17) is 9.47 Å². The number of carbonyl (C=O) groups is 3. The Morgan fingerprint density at radius 3 is 2.35 bits per heavy atom. The lowest BCUT2D eigenvalue weighted by Gasteiger charge is -2.46. The summed E-state index contributed by atoms with van der Waals surface area (Å²) in [5.74, 6) is -0.354. The number of rotatable bonds is 4. The molecule has 1 fully saturated rings. The zero-order valence-corrected chi connectivity index (χ0v) is 20.9. The van der Waals surface area contributed by atoms with Crippen molar-refractivity contribution in [1.29, 1.82) is 0 Å². The zero-order chi connectivity index (χ0) is 25.9. The van der Waals surface area contributed by atoms with Crippen LogP contribution >= 0.6 is 0 Å². The van der Waals surface area contributed by atoms with Gasteiger partial charge in [-0.25, -0.2) is 0 Å². The van der Waals surface area contributed by atoms with E-state index in [1.165, 1.54) is 4.90 Å². The first-order valence-corrected chi connectivity index (χ1v) is 12.5. The fraction of sp³-hybridized carbons (Fsp3) is 0.258. The third-order valence-corrected chi connectivity index (χ3v) is 7.81. The molecule has 1 saturated heterocycles. The van der Waals surface area contributed by atoms with Crippen molar-refractivity contribution in [2.45, 2.75) is 25.9 Å². The first-order chi connectivity index (χ1) is 17.8. The molecule has 3 atom stereocenters. The standard InChI is InChI=1S/C31H27NO5/c1-31(2)27-23(22-14-13-21(36-3)17-25(22)37-31)15-16-24-26(27)30(35)32(29(24)34)20-11-9-19(10-12-20)28(33)18-7-5-4-6-8-18/h4-15,17,24,26-27H,16H2,1-3H3/t24-,26-,27+/m0/s1. The summed E-state index contributed by atoms with van der Waals surface area (Å²) in [6, 6.07) is 21.5. The van der Waals surface area contributed by atoms with Crippen molar-refractivity contribution in [2.24, 2.45) is 17.8 Å². The van der Waals surface area contributed by atoms with E-state index in [9.17, 15) is 14.4 Å². The van der Waals surface area contributed by atoms with E-state index in [1.54, 1.807) is 43.5 Å². The van der Waals surface area contributed by atoms with Crippen molar-refractivity contribution in [1.82, 2.24) is 0 Å². The number of anilines is 1. The van der Waals surface area contributed by atoms with Gasteiger partial charge in [0, 0.05) is 28.7 Å². The molecule has 0 N–H and O–H groups in total. The van der Waals surface area contributed by atoms with Crippen LogP contribution in [0.2, 0.25) is 0 Å². The number of ketones is 1. The highest BCUT2D eigenvalue weighted by atomic mass is 16.5. The summed E-state index contributed by atoms with van der Waals surface area (Å²) in [6.07, 6.45) is 2.58. The average Bonchev–Trinajstić information content (AvgIpc) is 3.17. The number of amides is 2. The van der Waals surface area contributed by atoms with E-state index in [1.807, 2.05) is 50.2 Å². The van der Waals surface area contributed by atoms with E-state index < -0.39 is 17.4 Å². The summed E-state index contributed by atoms with van der Waals surface area (Å²) in [5.41, 5.74) is 2.85. The minimum Gasteiger partial charge on any atom is -0.497 e. The number of benzene rings is 3. The van der Waals surface area contributed by atoms with Crippen molar-refractivity contribution in [3.05, 3.63) is 95.6 Å². The Balaban J connectivity index is 1.32. The minimum absolute atomic E-state index is 0.106. The molecule has 2 heterocycles. The van der Waals surface area contributed by atoms with E-state index in [0.717, 1.165) is 16.9 Å². The van der Waals surface area contributed by atoms with E-state index in [0.29, 0.717) is 29.0 Å². The molecule has 6 rings (SSSR count). The van der Waals surface area contributed by atoms with Crippen LogP contribution in [0.1, 0.15) is 41.8 Å². The van der Waals surface area contributed by atoms with Gasteiger partial charge < -0.3 is 9.47 Å². The van der Waals surface area contributed by atoms with Crippen LogP contribution in [-0.4, -0.2) is 30.3 Å². The Bertz CT molecular complexity index is 1450. The third-order valence-electron chi connectivity index (χ3n) is 7.81. The van der Waals surface area contributed by atoms with Crippen LogP contribution in [0.3, 0.4) is 0 Å². The normalized spacial score (nSPS) is 23.4. The SMILES string of the molecule is COc1ccc2c(c1)OC(C)(C)[C@@H]1C2=CC[C@@H]2C(=O)N(c3ccc(C(=O)c4ccccc4)cc3)C(=O)[C@@H]21. The lowest BCUT2D eigenvalue weighted by Crippen LogP contribution is -2.49. The van der Waals surface area contributed by atoms with Gasteiger partial charge in [-0.2, -0.15) is 0 Å². The Labute approximate surface area is 215 Å². The molecule has 3 aromatic rings. The monoisotopic (exact) mass is 493 g/mol. The number of hydrogen-bond donors (Lipinski definition) is 0. The molecule has 0 spiro atoms. The van der Waals surface area contributed by atoms with Crippen molar-refractivity contribution < 1.29 is 23.9 Å². The fourth-order valence-electron chi connectivity index (χ4n) is 6.10. The number of allylic oxidation sites excluding steroid dienone is 1. The van der Waals surface area contributed by atoms with Crippen molar-refractivity contribution in [3.8, 4) is 11.5 Å². The average molecular weight is 494 g/mol. The first-order valence-electron chi connectivity index (χ1n) is 12.5. The predicted molar refractivity (Wildman–Crippen MR) is 140 cm³/mol. The molecule has 0 bridgehead atoms. The Kier molecular flexibility index (Phi) is 5.30. The number of imide groups is 1. The predicted octanol–water partition coefficient (Wildman–Crippen LogP) is 5.31. The summed E-state index contributed by atoms with van der Waals surface area (Å²) in [6.45, 7) is 3.95. The van der Waals surface area contributed by atoms with Gasteiger partial charge in [-0.1, -0.05) is 36.4 Å². The van der Waals surface area contributed by atoms with Crippen LogP contribution in [0.15, 0.2) is 78.9 Å². The largest absolute Gasteiger partial charge is 0.497 e. The van der Waals surface area contributed by atoms with Crippen LogP contribution in [0, 0.1) is 17.8 Å². The van der Waals surface area contributed by atoms with Gasteiger partial charge in [0.05, 0.1) is 24.6 Å². The lowest BCUT2D eigenvalue weighted by atomic mass is 9.64. The number of nitrogens with zero attached hydrogens (tertiary/aromatic N) is 1. The number of methoxy groups -OCH3 is 1. The van der Waals surface area contributed by atoms with Crippen LogP contribution in [-0.2, 0) is 9.59 Å². The van der Waals surface area contributed by atoms with Gasteiger partial charge in [-0.3, -0.25) is 19.3 Å². The molecule has 1 aliphatic carbocycles. The molecule has 0 aromatic heterocycles. The second-order valence-electron chi connectivity index (χ2n) is 10.3. The maximum absolute atomic E-state index is 13.9. The molecule has 2 aliphatic heterocycles. The molecule has 2 amide bonds. The highest BCUT2D eigenvalue weighted by molar-refractivity contribution is 6.23. The van der Waals surface area contributed by atoms with E-state index >= 15 is 0 Å². The maximum Gasteiger partial charge on any atom is 0.238 e. The Morgan fingerprint density at radius 1 is 0.946 bits per heavy atom. The summed E-state index contributed by atoms with van der Waals surface area (Å²) in [7, 11) is 1.62. The second-order valence-corrected chi connectivity index (χ2v) is 10.3. The van der Waals surface area contributed by atoms with Crippen LogP contribution < -0.4 is 14.4 Å². The number of fused-ring (bicyclic) bond motifs is 5. The van der Waals surface area contributed by atoms with Gasteiger partial charge in [0.2, 0.25) is 11.8 Å². The summed E-state index contributed by atoms with van der Waals surface area (Å²) >= 11 is 0. The highest BCUT2D eigenvalue weighted by Crippen LogP contribution is 2.55. The number of hydrogen-bond acceptors (Lipinski definition) is 5. The van der Waals surface area contributed by atoms with Gasteiger partial charge in [0.25, 0.3) is 0 Å². The molecule has 0 unspecified atom stereocenters. The van der Waals surface area contributed by atoms with Gasteiger partial charge in [0.15, 0.2) is 5.78 Å². The summed E-state index contributed by atoms with van der Waals surface area (Å²) < 4.78 is 11.8. The maximum atomic E-state index is 13.9. The van der Waals surface area contributed by atoms with E-state index in [2.05, 4.69) is 6.08 Å². The van der Waals surface area contributed by atoms with Gasteiger partial charge in [-0.15, -0.1) is 0 Å². The molecule has 6 heteroatoms. The number of carbonyl (C=O) groups excluding carboxylic acids is 3.